The van der Waals surface area contributed by atoms with Crippen molar-refractivity contribution in [3.05, 3.63) is 71.4 Å². The summed E-state index contributed by atoms with van der Waals surface area (Å²) in [5.41, 5.74) is 11.5. The van der Waals surface area contributed by atoms with E-state index in [0.717, 1.165) is 82.4 Å². The largest absolute Gasteiger partial charge is 0.341 e. The van der Waals surface area contributed by atoms with Gasteiger partial charge in [0.15, 0.2) is 0 Å². The van der Waals surface area contributed by atoms with Gasteiger partial charge >= 0.3 is 0 Å². The van der Waals surface area contributed by atoms with E-state index in [1.807, 2.05) is 6.20 Å². The van der Waals surface area contributed by atoms with Crippen LogP contribution in [0.4, 0.5) is 0 Å². The molecule has 0 amide bonds. The molecular weight excluding hydrogens is 508 g/mol. The number of imidazole rings is 2. The van der Waals surface area contributed by atoms with Crippen molar-refractivity contribution in [2.24, 2.45) is 0 Å². The predicted molar refractivity (Wildman–Crippen MR) is 159 cm³/mol. The number of nitrogens with zero attached hydrogens (tertiary/aromatic N) is 4. The molecule has 3 aromatic heterocycles. The summed E-state index contributed by atoms with van der Waals surface area (Å²) in [5.74, 6) is 3.23. The standard InChI is InChI=1S/C33H34N8/c1-3-24(34-13-1)32-36-17-27(39-32)18-5-7-19(8-6-18)30-28-20-9-10-21(15-20)29(28)31(41-40-30)22-11-12-23-26(16-22)38-33(37-23)25-4-2-14-35-25/h5-8,11-12,16-17,20-21,24-25,34-35H,1-4,9-10,13-15H2,(H,36,39)(H,37,38)/t20?,21?,24-,25?/m0/s1. The van der Waals surface area contributed by atoms with Crippen molar-refractivity contribution in [3.63, 3.8) is 0 Å². The van der Waals surface area contributed by atoms with Gasteiger partial charge < -0.3 is 20.6 Å². The number of aromatic amines is 2. The topological polar surface area (TPSA) is 107 Å². The highest BCUT2D eigenvalue weighted by Crippen LogP contribution is 2.57. The fourth-order valence-corrected chi connectivity index (χ4v) is 7.87. The van der Waals surface area contributed by atoms with Crippen molar-refractivity contribution >= 4 is 11.0 Å². The lowest BCUT2D eigenvalue weighted by molar-refractivity contribution is 0.613. The minimum atomic E-state index is 0.330. The first-order valence-electron chi connectivity index (χ1n) is 15.3. The SMILES string of the molecule is c1cc(-c2nnc(-c3ccc4nc(C5CCCN5)[nH]c4c3)c3c2C2CCC3C2)ccc1-c1cnc([C@@H]2CCCN2)[nH]1. The van der Waals surface area contributed by atoms with E-state index in [-0.39, 0.29) is 0 Å². The van der Waals surface area contributed by atoms with Crippen molar-refractivity contribution in [1.82, 2.24) is 40.8 Å². The molecule has 0 spiro atoms. The average molecular weight is 543 g/mol. The molecule has 5 heterocycles. The van der Waals surface area contributed by atoms with E-state index in [1.54, 1.807) is 0 Å². The van der Waals surface area contributed by atoms with E-state index in [0.29, 0.717) is 23.9 Å². The molecule has 206 valence electrons. The Labute approximate surface area is 238 Å². The molecule has 2 aliphatic heterocycles. The van der Waals surface area contributed by atoms with Crippen LogP contribution in [0.5, 0.6) is 0 Å². The maximum Gasteiger partial charge on any atom is 0.124 e. The van der Waals surface area contributed by atoms with Crippen molar-refractivity contribution in [3.8, 4) is 33.8 Å². The van der Waals surface area contributed by atoms with Gasteiger partial charge in [-0.2, -0.15) is 0 Å². The van der Waals surface area contributed by atoms with Gasteiger partial charge in [0.05, 0.1) is 46.4 Å². The summed E-state index contributed by atoms with van der Waals surface area (Å²) in [5, 5.41) is 16.9. The molecular formula is C33H34N8. The Bertz CT molecular complexity index is 1750. The number of nitrogens with one attached hydrogen (secondary N) is 4. The molecule has 41 heavy (non-hydrogen) atoms. The second-order valence-corrected chi connectivity index (χ2v) is 12.3. The lowest BCUT2D eigenvalue weighted by Crippen LogP contribution is -2.14. The zero-order chi connectivity index (χ0) is 26.9. The van der Waals surface area contributed by atoms with Crippen LogP contribution in [0.3, 0.4) is 0 Å². The Morgan fingerprint density at radius 1 is 0.659 bits per heavy atom. The van der Waals surface area contributed by atoms with E-state index >= 15 is 0 Å². The fraction of sp³-hybridized carbons (Fsp3) is 0.394. The van der Waals surface area contributed by atoms with E-state index in [1.165, 1.54) is 43.2 Å². The van der Waals surface area contributed by atoms with E-state index in [2.05, 4.69) is 68.1 Å². The van der Waals surface area contributed by atoms with E-state index < -0.39 is 0 Å². The van der Waals surface area contributed by atoms with Crippen LogP contribution in [0, 0.1) is 0 Å². The van der Waals surface area contributed by atoms with E-state index in [4.69, 9.17) is 15.2 Å². The maximum atomic E-state index is 4.92. The van der Waals surface area contributed by atoms with Crippen LogP contribution >= 0.6 is 0 Å². The number of H-pyrrole nitrogens is 2. The highest BCUT2D eigenvalue weighted by atomic mass is 15.1. The molecule has 2 aromatic carbocycles. The third-order valence-corrected chi connectivity index (χ3v) is 9.92. The molecule has 8 nitrogen and oxygen atoms in total. The zero-order valence-corrected chi connectivity index (χ0v) is 23.1. The van der Waals surface area contributed by atoms with Crippen LogP contribution < -0.4 is 10.6 Å². The molecule has 3 fully saturated rings. The van der Waals surface area contributed by atoms with Crippen LogP contribution in [0.15, 0.2) is 48.7 Å². The molecule has 1 saturated carbocycles. The third kappa shape index (κ3) is 3.88. The molecule has 9 rings (SSSR count). The van der Waals surface area contributed by atoms with Crippen molar-refractivity contribution in [1.29, 1.82) is 0 Å². The van der Waals surface area contributed by atoms with Gasteiger partial charge in [-0.05, 0) is 98.7 Å². The van der Waals surface area contributed by atoms with E-state index in [9.17, 15) is 0 Å². The Morgan fingerprint density at radius 3 is 2.02 bits per heavy atom. The second kappa shape index (κ2) is 9.33. The molecule has 0 radical (unpaired) electrons. The molecule has 4 N–H and O–H groups in total. The Morgan fingerprint density at radius 2 is 1.32 bits per heavy atom. The highest BCUT2D eigenvalue weighted by Gasteiger charge is 2.41. The summed E-state index contributed by atoms with van der Waals surface area (Å²) >= 11 is 0. The van der Waals surface area contributed by atoms with Gasteiger partial charge in [-0.3, -0.25) is 0 Å². The molecule has 2 saturated heterocycles. The van der Waals surface area contributed by atoms with Crippen LogP contribution in [0.2, 0.25) is 0 Å². The summed E-state index contributed by atoms with van der Waals surface area (Å²) in [7, 11) is 0. The Hall–Kier alpha value is -3.88. The monoisotopic (exact) mass is 542 g/mol. The fourth-order valence-electron chi connectivity index (χ4n) is 7.87. The first kappa shape index (κ1) is 23.8. The smallest absolute Gasteiger partial charge is 0.124 e. The quantitative estimate of drug-likeness (QED) is 0.208. The minimum Gasteiger partial charge on any atom is -0.341 e. The number of rotatable bonds is 5. The first-order valence-corrected chi connectivity index (χ1v) is 15.3. The molecule has 2 aliphatic carbocycles. The normalized spacial score (nSPS) is 25.0. The summed E-state index contributed by atoms with van der Waals surface area (Å²) in [6.45, 7) is 2.13. The number of hydrogen-bond donors (Lipinski definition) is 4. The molecule has 4 atom stereocenters. The maximum absolute atomic E-state index is 4.92. The summed E-state index contributed by atoms with van der Waals surface area (Å²) in [6, 6.07) is 16.0. The highest BCUT2D eigenvalue weighted by molar-refractivity contribution is 5.83. The van der Waals surface area contributed by atoms with Crippen molar-refractivity contribution in [2.45, 2.75) is 68.9 Å². The van der Waals surface area contributed by atoms with Gasteiger partial charge in [0.1, 0.15) is 11.6 Å². The van der Waals surface area contributed by atoms with Gasteiger partial charge in [0.2, 0.25) is 0 Å². The van der Waals surface area contributed by atoms with Crippen LogP contribution in [-0.2, 0) is 0 Å². The van der Waals surface area contributed by atoms with Gasteiger partial charge in [0.25, 0.3) is 0 Å². The number of hydrogen-bond acceptors (Lipinski definition) is 6. The lowest BCUT2D eigenvalue weighted by Gasteiger charge is -2.21. The van der Waals surface area contributed by atoms with Gasteiger partial charge in [0, 0.05) is 11.1 Å². The zero-order valence-electron chi connectivity index (χ0n) is 23.1. The van der Waals surface area contributed by atoms with Crippen molar-refractivity contribution < 1.29 is 0 Å². The lowest BCUT2D eigenvalue weighted by atomic mass is 9.86. The number of benzene rings is 2. The molecule has 3 unspecified atom stereocenters. The van der Waals surface area contributed by atoms with Gasteiger partial charge in [-0.15, -0.1) is 10.2 Å². The Kier molecular flexibility index (Phi) is 5.41. The molecule has 2 bridgehead atoms. The van der Waals surface area contributed by atoms with Gasteiger partial charge in [-0.1, -0.05) is 30.3 Å². The number of fused-ring (bicyclic) bond motifs is 6. The average Bonchev–Trinajstić information content (AvgIpc) is 3.86. The Balaban J connectivity index is 1.06. The van der Waals surface area contributed by atoms with Crippen LogP contribution in [0.25, 0.3) is 44.8 Å². The van der Waals surface area contributed by atoms with Crippen LogP contribution in [-0.4, -0.2) is 43.2 Å². The van der Waals surface area contributed by atoms with Crippen LogP contribution in [0.1, 0.15) is 91.6 Å². The molecule has 4 aliphatic rings. The van der Waals surface area contributed by atoms with Gasteiger partial charge in [-0.25, -0.2) is 9.97 Å². The summed E-state index contributed by atoms with van der Waals surface area (Å²) < 4.78 is 0. The molecule has 5 aromatic rings. The van der Waals surface area contributed by atoms with Crippen molar-refractivity contribution in [2.75, 3.05) is 13.1 Å². The summed E-state index contributed by atoms with van der Waals surface area (Å²) in [6.07, 6.45) is 10.4. The predicted octanol–water partition coefficient (Wildman–Crippen LogP) is 6.29. The third-order valence-electron chi connectivity index (χ3n) is 9.92. The first-order chi connectivity index (χ1) is 20.3. The minimum absolute atomic E-state index is 0.330. The molecule has 8 heteroatoms. The summed E-state index contributed by atoms with van der Waals surface area (Å²) in [4.78, 5) is 16.7. The second-order valence-electron chi connectivity index (χ2n) is 12.3. The number of aromatic nitrogens is 6.